The Labute approximate surface area is 219 Å². The molecule has 5 rings (SSSR count). The van der Waals surface area contributed by atoms with Crippen molar-refractivity contribution in [3.8, 4) is 0 Å². The molecule has 1 aliphatic rings. The molecule has 0 spiro atoms. The minimum absolute atomic E-state index is 0.0481. The van der Waals surface area contributed by atoms with Crippen LogP contribution in [0.4, 0.5) is 10.1 Å². The minimum Gasteiger partial charge on any atom is -0.348 e. The van der Waals surface area contributed by atoms with Crippen LogP contribution in [0.1, 0.15) is 32.6 Å². The Morgan fingerprint density at radius 2 is 1.62 bits per heavy atom. The number of anilines is 1. The van der Waals surface area contributed by atoms with Crippen molar-refractivity contribution in [1.82, 2.24) is 5.32 Å². The Morgan fingerprint density at radius 1 is 0.919 bits per heavy atom. The van der Waals surface area contributed by atoms with Gasteiger partial charge in [-0.3, -0.25) is 9.59 Å². The van der Waals surface area contributed by atoms with Gasteiger partial charge < -0.3 is 10.2 Å². The molecule has 1 N–H and O–H groups in total. The summed E-state index contributed by atoms with van der Waals surface area (Å²) < 4.78 is 13.1. The lowest BCUT2D eigenvalue weighted by molar-refractivity contribution is -0.114. The number of carbonyl (C=O) groups excluding carboxylic acids is 2. The van der Waals surface area contributed by atoms with Gasteiger partial charge in [0.25, 0.3) is 11.8 Å². The van der Waals surface area contributed by atoms with Gasteiger partial charge in [0.05, 0.1) is 17.1 Å². The monoisotopic (exact) mass is 508 g/mol. The number of nitrogens with one attached hydrogen (secondary N) is 1. The molecule has 1 aliphatic heterocycles. The maximum absolute atomic E-state index is 13.6. The summed E-state index contributed by atoms with van der Waals surface area (Å²) in [6.07, 6.45) is 1.87. The van der Waals surface area contributed by atoms with E-state index in [9.17, 15) is 14.0 Å². The van der Waals surface area contributed by atoms with Gasteiger partial charge in [-0.25, -0.2) is 4.39 Å². The largest absolute Gasteiger partial charge is 0.348 e. The molecular weight excluding hydrogens is 483 g/mol. The van der Waals surface area contributed by atoms with Crippen LogP contribution in [0.25, 0.3) is 6.08 Å². The zero-order chi connectivity index (χ0) is 25.8. The van der Waals surface area contributed by atoms with Crippen LogP contribution >= 0.6 is 11.8 Å². The van der Waals surface area contributed by atoms with Crippen LogP contribution in [0, 0.1) is 12.7 Å². The standard InChI is InChI=1S/C31H25FN2O2S/c1-21-6-2-3-7-25(21)20-34-27-8-4-5-9-28(27)37-29(31(34)36)18-22-10-14-24(15-11-22)30(35)33-19-23-12-16-26(32)17-13-23/h2-18H,19-20H2,1H3,(H,33,35)/b29-18+. The van der Waals surface area contributed by atoms with E-state index in [4.69, 9.17) is 0 Å². The molecular formula is C31H25FN2O2S. The Kier molecular flexibility index (Phi) is 7.19. The maximum atomic E-state index is 13.6. The molecule has 2 amide bonds. The average Bonchev–Trinajstić information content (AvgIpc) is 2.92. The van der Waals surface area contributed by atoms with E-state index in [1.54, 1.807) is 24.3 Å². The quantitative estimate of drug-likeness (QED) is 0.293. The normalized spacial score (nSPS) is 13.9. The van der Waals surface area contributed by atoms with Crippen molar-refractivity contribution in [1.29, 1.82) is 0 Å². The number of fused-ring (bicyclic) bond motifs is 1. The lowest BCUT2D eigenvalue weighted by Gasteiger charge is -2.31. The Hall–Kier alpha value is -4.16. The van der Waals surface area contributed by atoms with Gasteiger partial charge in [0.1, 0.15) is 5.82 Å². The van der Waals surface area contributed by atoms with Gasteiger partial charge in [-0.15, -0.1) is 0 Å². The van der Waals surface area contributed by atoms with E-state index in [0.717, 1.165) is 32.8 Å². The summed E-state index contributed by atoms with van der Waals surface area (Å²) in [7, 11) is 0. The van der Waals surface area contributed by atoms with Crippen molar-refractivity contribution in [3.05, 3.63) is 136 Å². The first-order chi connectivity index (χ1) is 18.0. The minimum atomic E-state index is -0.309. The van der Waals surface area contributed by atoms with Crippen LogP contribution in [0.5, 0.6) is 0 Å². The van der Waals surface area contributed by atoms with Gasteiger partial charge in [0.15, 0.2) is 0 Å². The summed E-state index contributed by atoms with van der Waals surface area (Å²) in [6.45, 7) is 2.86. The first-order valence-electron chi connectivity index (χ1n) is 12.0. The fraction of sp³-hybridized carbons (Fsp3) is 0.0968. The average molecular weight is 509 g/mol. The molecule has 0 unspecified atom stereocenters. The summed E-state index contributed by atoms with van der Waals surface area (Å²) in [6, 6.07) is 29.2. The molecule has 0 saturated heterocycles. The third kappa shape index (κ3) is 5.65. The van der Waals surface area contributed by atoms with E-state index in [1.807, 2.05) is 59.5 Å². The highest BCUT2D eigenvalue weighted by atomic mass is 32.2. The molecule has 0 aliphatic carbocycles. The summed E-state index contributed by atoms with van der Waals surface area (Å²) in [5.74, 6) is -0.575. The second-order valence-corrected chi connectivity index (χ2v) is 9.91. The summed E-state index contributed by atoms with van der Waals surface area (Å²) in [5.41, 5.74) is 5.32. The fourth-order valence-corrected chi connectivity index (χ4v) is 5.20. The number of amides is 2. The van der Waals surface area contributed by atoms with Crippen molar-refractivity contribution >= 4 is 35.3 Å². The predicted molar refractivity (Wildman–Crippen MR) is 147 cm³/mol. The van der Waals surface area contributed by atoms with Gasteiger partial charge in [0, 0.05) is 17.0 Å². The van der Waals surface area contributed by atoms with E-state index in [-0.39, 0.29) is 17.6 Å². The molecule has 4 nitrogen and oxygen atoms in total. The molecule has 0 radical (unpaired) electrons. The molecule has 0 aromatic heterocycles. The second-order valence-electron chi connectivity index (χ2n) is 8.83. The molecule has 0 fully saturated rings. The third-order valence-electron chi connectivity index (χ3n) is 6.26. The number of thioether (sulfide) groups is 1. The van der Waals surface area contributed by atoms with Crippen LogP contribution in [0.2, 0.25) is 0 Å². The summed E-state index contributed by atoms with van der Waals surface area (Å²) >= 11 is 1.46. The number of hydrogen-bond donors (Lipinski definition) is 1. The van der Waals surface area contributed by atoms with Crippen molar-refractivity contribution in [2.75, 3.05) is 4.90 Å². The number of rotatable bonds is 6. The van der Waals surface area contributed by atoms with E-state index < -0.39 is 0 Å². The number of nitrogens with zero attached hydrogens (tertiary/aromatic N) is 1. The lowest BCUT2D eigenvalue weighted by atomic mass is 10.1. The zero-order valence-electron chi connectivity index (χ0n) is 20.3. The van der Waals surface area contributed by atoms with E-state index in [0.29, 0.717) is 23.6 Å². The van der Waals surface area contributed by atoms with Gasteiger partial charge in [-0.05, 0) is 71.7 Å². The SMILES string of the molecule is Cc1ccccc1CN1C(=O)/C(=C\c2ccc(C(=O)NCc3ccc(F)cc3)cc2)Sc2ccccc21. The van der Waals surface area contributed by atoms with Crippen molar-refractivity contribution < 1.29 is 14.0 Å². The topological polar surface area (TPSA) is 49.4 Å². The van der Waals surface area contributed by atoms with Gasteiger partial charge in [-0.2, -0.15) is 0 Å². The maximum Gasteiger partial charge on any atom is 0.265 e. The Balaban J connectivity index is 1.33. The Bertz CT molecular complexity index is 1480. The molecule has 0 saturated carbocycles. The van der Waals surface area contributed by atoms with E-state index >= 15 is 0 Å². The highest BCUT2D eigenvalue weighted by Gasteiger charge is 2.29. The Morgan fingerprint density at radius 3 is 2.38 bits per heavy atom. The number of benzene rings is 4. The van der Waals surface area contributed by atoms with Crippen LogP contribution in [0.15, 0.2) is 107 Å². The summed E-state index contributed by atoms with van der Waals surface area (Å²) in [5, 5.41) is 2.85. The van der Waals surface area contributed by atoms with Gasteiger partial charge in [-0.1, -0.05) is 72.4 Å². The zero-order valence-corrected chi connectivity index (χ0v) is 21.1. The molecule has 37 heavy (non-hydrogen) atoms. The van der Waals surface area contributed by atoms with Gasteiger partial charge >= 0.3 is 0 Å². The molecule has 0 atom stereocenters. The number of halogens is 1. The molecule has 6 heteroatoms. The van der Waals surface area contributed by atoms with Crippen molar-refractivity contribution in [2.45, 2.75) is 24.9 Å². The summed E-state index contributed by atoms with van der Waals surface area (Å²) in [4.78, 5) is 29.6. The predicted octanol–water partition coefficient (Wildman–Crippen LogP) is 6.74. The highest BCUT2D eigenvalue weighted by Crippen LogP contribution is 2.42. The lowest BCUT2D eigenvalue weighted by Crippen LogP contribution is -2.33. The van der Waals surface area contributed by atoms with Crippen LogP contribution in [-0.4, -0.2) is 11.8 Å². The number of carbonyl (C=O) groups is 2. The number of para-hydroxylation sites is 1. The second kappa shape index (κ2) is 10.8. The molecule has 4 aromatic carbocycles. The number of aryl methyl sites for hydroxylation is 1. The first kappa shape index (κ1) is 24.5. The van der Waals surface area contributed by atoms with Crippen molar-refractivity contribution in [3.63, 3.8) is 0 Å². The number of hydrogen-bond acceptors (Lipinski definition) is 3. The van der Waals surface area contributed by atoms with Gasteiger partial charge in [0.2, 0.25) is 0 Å². The van der Waals surface area contributed by atoms with E-state index in [1.165, 1.54) is 23.9 Å². The smallest absolute Gasteiger partial charge is 0.265 e. The van der Waals surface area contributed by atoms with Crippen molar-refractivity contribution in [2.24, 2.45) is 0 Å². The van der Waals surface area contributed by atoms with Crippen LogP contribution < -0.4 is 10.2 Å². The molecule has 184 valence electrons. The third-order valence-corrected chi connectivity index (χ3v) is 7.34. The fourth-order valence-electron chi connectivity index (χ4n) is 4.15. The van der Waals surface area contributed by atoms with Crippen LogP contribution in [0.3, 0.4) is 0 Å². The highest BCUT2D eigenvalue weighted by molar-refractivity contribution is 8.04. The molecule has 1 heterocycles. The van der Waals surface area contributed by atoms with E-state index in [2.05, 4.69) is 24.4 Å². The first-order valence-corrected chi connectivity index (χ1v) is 12.8. The molecule has 4 aromatic rings. The van der Waals surface area contributed by atoms with Crippen LogP contribution in [-0.2, 0) is 17.9 Å². The molecule has 0 bridgehead atoms.